The van der Waals surface area contributed by atoms with E-state index in [9.17, 15) is 0 Å². The maximum absolute atomic E-state index is 5.44. The quantitative estimate of drug-likeness (QED) is 0.542. The van der Waals surface area contributed by atoms with E-state index >= 15 is 0 Å². The second kappa shape index (κ2) is 5.32. The van der Waals surface area contributed by atoms with Gasteiger partial charge in [-0.3, -0.25) is 0 Å². The van der Waals surface area contributed by atoms with E-state index in [2.05, 4.69) is 40.8 Å². The third-order valence-corrected chi connectivity index (χ3v) is 4.33. The molecule has 0 aliphatic heterocycles. The van der Waals surface area contributed by atoms with Gasteiger partial charge in [0.15, 0.2) is 0 Å². The minimum atomic E-state index is 0.182. The Morgan fingerprint density at radius 1 is 1.39 bits per heavy atom. The normalized spacial score (nSPS) is 15.6. The first-order chi connectivity index (χ1) is 8.54. The molecular formula is C12H21N5S. The molecule has 100 valence electrons. The summed E-state index contributed by atoms with van der Waals surface area (Å²) in [5.74, 6) is 8.39. The van der Waals surface area contributed by atoms with Gasteiger partial charge in [0.2, 0.25) is 0 Å². The molecule has 0 aromatic carbocycles. The molecule has 18 heavy (non-hydrogen) atoms. The van der Waals surface area contributed by atoms with Crippen molar-refractivity contribution in [3.8, 4) is 0 Å². The van der Waals surface area contributed by atoms with Crippen molar-refractivity contribution < 1.29 is 0 Å². The largest absolute Gasteiger partial charge is 0.369 e. The van der Waals surface area contributed by atoms with Crippen LogP contribution < -0.4 is 16.6 Å². The summed E-state index contributed by atoms with van der Waals surface area (Å²) < 4.78 is 0.182. The zero-order valence-electron chi connectivity index (χ0n) is 11.2. The second-order valence-corrected chi connectivity index (χ2v) is 6.75. The molecule has 1 aromatic rings. The van der Waals surface area contributed by atoms with Gasteiger partial charge >= 0.3 is 0 Å². The van der Waals surface area contributed by atoms with Crippen molar-refractivity contribution in [1.82, 2.24) is 9.97 Å². The number of hydrazine groups is 1. The number of hydrogen-bond donors (Lipinski definition) is 3. The Balaban J connectivity index is 2.09. The Hall–Kier alpha value is -1.01. The molecular weight excluding hydrogens is 246 g/mol. The van der Waals surface area contributed by atoms with Crippen LogP contribution in [-0.2, 0) is 0 Å². The van der Waals surface area contributed by atoms with Gasteiger partial charge in [0.05, 0.1) is 0 Å². The fourth-order valence-corrected chi connectivity index (χ4v) is 1.75. The van der Waals surface area contributed by atoms with Crippen LogP contribution in [0.5, 0.6) is 0 Å². The van der Waals surface area contributed by atoms with Crippen LogP contribution >= 0.6 is 11.8 Å². The van der Waals surface area contributed by atoms with E-state index in [-0.39, 0.29) is 4.75 Å². The molecule has 1 aliphatic carbocycles. The lowest BCUT2D eigenvalue weighted by Crippen LogP contribution is -2.26. The van der Waals surface area contributed by atoms with Crippen molar-refractivity contribution in [2.75, 3.05) is 23.5 Å². The molecule has 5 nitrogen and oxygen atoms in total. The Bertz CT molecular complexity index is 417. The molecule has 0 unspecified atom stereocenters. The summed E-state index contributed by atoms with van der Waals surface area (Å²) in [4.78, 5) is 8.94. The van der Waals surface area contributed by atoms with Crippen LogP contribution in [0.4, 0.5) is 11.6 Å². The summed E-state index contributed by atoms with van der Waals surface area (Å²) in [6, 6.07) is 1.85. The van der Waals surface area contributed by atoms with Crippen molar-refractivity contribution in [3.05, 3.63) is 11.9 Å². The number of anilines is 2. The number of hydrogen-bond acceptors (Lipinski definition) is 6. The van der Waals surface area contributed by atoms with E-state index in [1.807, 2.05) is 17.8 Å². The van der Waals surface area contributed by atoms with Crippen LogP contribution in [0, 0.1) is 0 Å². The molecule has 4 N–H and O–H groups in total. The minimum absolute atomic E-state index is 0.182. The monoisotopic (exact) mass is 267 g/mol. The molecule has 2 rings (SSSR count). The average molecular weight is 267 g/mol. The van der Waals surface area contributed by atoms with Gasteiger partial charge < -0.3 is 10.7 Å². The summed E-state index contributed by atoms with van der Waals surface area (Å²) in [5, 5.41) is 3.37. The zero-order valence-corrected chi connectivity index (χ0v) is 12.0. The van der Waals surface area contributed by atoms with Crippen LogP contribution in [0.2, 0.25) is 0 Å². The highest BCUT2D eigenvalue weighted by Crippen LogP contribution is 2.38. The first-order valence-electron chi connectivity index (χ1n) is 6.19. The summed E-state index contributed by atoms with van der Waals surface area (Å²) in [6.45, 7) is 5.27. The summed E-state index contributed by atoms with van der Waals surface area (Å²) in [7, 11) is 0. The lowest BCUT2D eigenvalue weighted by atomic mass is 10.2. The number of nitrogens with two attached hydrogens (primary N) is 1. The number of nitrogens with zero attached hydrogens (tertiary/aromatic N) is 2. The first-order valence-corrected chi connectivity index (χ1v) is 7.41. The fraction of sp³-hybridized carbons (Fsp3) is 0.667. The van der Waals surface area contributed by atoms with E-state index in [1.165, 1.54) is 12.8 Å². The van der Waals surface area contributed by atoms with Gasteiger partial charge in [0.25, 0.3) is 0 Å². The molecule has 0 atom stereocenters. The Morgan fingerprint density at radius 3 is 2.61 bits per heavy atom. The third-order valence-electron chi connectivity index (χ3n) is 3.08. The molecule has 1 heterocycles. The smallest absolute Gasteiger partial charge is 0.145 e. The van der Waals surface area contributed by atoms with Crippen LogP contribution in [0.1, 0.15) is 38.4 Å². The second-order valence-electron chi connectivity index (χ2n) is 5.23. The molecule has 1 fully saturated rings. The highest BCUT2D eigenvalue weighted by atomic mass is 32.2. The maximum atomic E-state index is 5.44. The first kappa shape index (κ1) is 13.4. The molecule has 0 saturated heterocycles. The standard InChI is InChI=1S/C12H21N5S/c1-12(2,18-3)7-14-9-6-10(17-13)16-11(15-9)8-4-5-8/h6,8H,4-5,7,13H2,1-3H3,(H2,14,15,16,17). The molecule has 0 bridgehead atoms. The van der Waals surface area contributed by atoms with Gasteiger partial charge in [-0.05, 0) is 32.9 Å². The van der Waals surface area contributed by atoms with Crippen LogP contribution in [0.15, 0.2) is 6.07 Å². The maximum Gasteiger partial charge on any atom is 0.145 e. The van der Waals surface area contributed by atoms with Crippen molar-refractivity contribution in [2.45, 2.75) is 37.4 Å². The molecule has 0 amide bonds. The highest BCUT2D eigenvalue weighted by Gasteiger charge is 2.27. The number of rotatable bonds is 6. The van der Waals surface area contributed by atoms with Gasteiger partial charge in [0.1, 0.15) is 17.5 Å². The van der Waals surface area contributed by atoms with Crippen molar-refractivity contribution >= 4 is 23.4 Å². The average Bonchev–Trinajstić information content (AvgIpc) is 3.20. The number of nitrogen functional groups attached to an aromatic ring is 1. The Kier molecular flexibility index (Phi) is 3.97. The Morgan fingerprint density at radius 2 is 2.06 bits per heavy atom. The van der Waals surface area contributed by atoms with Gasteiger partial charge in [0, 0.05) is 23.3 Å². The van der Waals surface area contributed by atoms with Gasteiger partial charge in [-0.2, -0.15) is 11.8 Å². The molecule has 0 radical (unpaired) electrons. The molecule has 1 saturated carbocycles. The summed E-state index contributed by atoms with van der Waals surface area (Å²) in [6.07, 6.45) is 4.48. The van der Waals surface area contributed by atoms with E-state index in [0.29, 0.717) is 11.7 Å². The number of aromatic nitrogens is 2. The van der Waals surface area contributed by atoms with Gasteiger partial charge in [-0.1, -0.05) is 0 Å². The van der Waals surface area contributed by atoms with Crippen LogP contribution in [0.3, 0.4) is 0 Å². The van der Waals surface area contributed by atoms with E-state index in [1.54, 1.807) is 0 Å². The topological polar surface area (TPSA) is 75.9 Å². The van der Waals surface area contributed by atoms with Gasteiger partial charge in [-0.25, -0.2) is 15.8 Å². The Labute approximate surface area is 112 Å². The lowest BCUT2D eigenvalue weighted by molar-refractivity contribution is 0.748. The summed E-state index contributed by atoms with van der Waals surface area (Å²) >= 11 is 1.83. The van der Waals surface area contributed by atoms with Crippen molar-refractivity contribution in [3.63, 3.8) is 0 Å². The van der Waals surface area contributed by atoms with E-state index in [4.69, 9.17) is 5.84 Å². The molecule has 1 aliphatic rings. The van der Waals surface area contributed by atoms with E-state index < -0.39 is 0 Å². The minimum Gasteiger partial charge on any atom is -0.369 e. The summed E-state index contributed by atoms with van der Waals surface area (Å²) in [5.41, 5.74) is 2.61. The van der Waals surface area contributed by atoms with Crippen LogP contribution in [0.25, 0.3) is 0 Å². The van der Waals surface area contributed by atoms with Gasteiger partial charge in [-0.15, -0.1) is 0 Å². The molecule has 0 spiro atoms. The third kappa shape index (κ3) is 3.49. The lowest BCUT2D eigenvalue weighted by Gasteiger charge is -2.22. The van der Waals surface area contributed by atoms with Crippen molar-refractivity contribution in [1.29, 1.82) is 0 Å². The molecule has 6 heteroatoms. The zero-order chi connectivity index (χ0) is 13.2. The fourth-order valence-electron chi connectivity index (χ4n) is 1.53. The van der Waals surface area contributed by atoms with Crippen molar-refractivity contribution in [2.24, 2.45) is 5.84 Å². The SMILES string of the molecule is CSC(C)(C)CNc1cc(NN)nc(C2CC2)n1. The highest BCUT2D eigenvalue weighted by molar-refractivity contribution is 7.99. The number of nitrogens with one attached hydrogen (secondary N) is 2. The van der Waals surface area contributed by atoms with E-state index in [0.717, 1.165) is 18.2 Å². The predicted octanol–water partition coefficient (Wildman–Crippen LogP) is 2.19. The number of thioether (sulfide) groups is 1. The predicted molar refractivity (Wildman–Crippen MR) is 77.9 cm³/mol. The molecule has 1 aromatic heterocycles. The van der Waals surface area contributed by atoms with Crippen LogP contribution in [-0.4, -0.2) is 27.5 Å².